The van der Waals surface area contributed by atoms with Gasteiger partial charge in [0.25, 0.3) is 5.69 Å². The van der Waals surface area contributed by atoms with Crippen LogP contribution in [0.5, 0.6) is 5.75 Å². The van der Waals surface area contributed by atoms with Gasteiger partial charge in [-0.1, -0.05) is 0 Å². The molecule has 0 aromatic heterocycles. The van der Waals surface area contributed by atoms with Gasteiger partial charge in [0.1, 0.15) is 5.75 Å². The van der Waals surface area contributed by atoms with Crippen molar-refractivity contribution in [3.8, 4) is 5.75 Å². The number of hydrogen-bond donors (Lipinski definition) is 1. The van der Waals surface area contributed by atoms with Crippen molar-refractivity contribution in [2.75, 3.05) is 7.11 Å². The van der Waals surface area contributed by atoms with Crippen molar-refractivity contribution in [3.05, 3.63) is 32.3 Å². The van der Waals surface area contributed by atoms with E-state index in [-0.39, 0.29) is 12.2 Å². The van der Waals surface area contributed by atoms with Crippen LogP contribution in [0.25, 0.3) is 0 Å². The highest BCUT2D eigenvalue weighted by Gasteiger charge is 2.21. The lowest BCUT2D eigenvalue weighted by Gasteiger charge is -2.07. The fourth-order valence-electron chi connectivity index (χ4n) is 1.18. The van der Waals surface area contributed by atoms with Gasteiger partial charge in [0.2, 0.25) is 0 Å². The highest BCUT2D eigenvalue weighted by atomic mass is 79.9. The number of nitrogens with two attached hydrogens (primary N) is 1. The maximum Gasteiger partial charge on any atom is 0.291 e. The summed E-state index contributed by atoms with van der Waals surface area (Å²) in [6, 6.07) is 3.20. The number of benzene rings is 1. The van der Waals surface area contributed by atoms with Crippen LogP contribution in [0, 0.1) is 10.1 Å². The second-order valence-electron chi connectivity index (χ2n) is 2.54. The van der Waals surface area contributed by atoms with E-state index in [9.17, 15) is 10.1 Å². The zero-order valence-electron chi connectivity index (χ0n) is 7.49. The molecular weight excluding hydrogens is 252 g/mol. The molecule has 0 saturated heterocycles. The molecule has 14 heavy (non-hydrogen) atoms. The second kappa shape index (κ2) is 4.39. The first kappa shape index (κ1) is 10.9. The van der Waals surface area contributed by atoms with Crippen LogP contribution in [0.4, 0.5) is 5.69 Å². The fraction of sp³-hybridized carbons (Fsp3) is 0.250. The highest BCUT2D eigenvalue weighted by Crippen LogP contribution is 2.34. The Kier molecular flexibility index (Phi) is 3.43. The molecule has 0 radical (unpaired) electrons. The van der Waals surface area contributed by atoms with Crippen molar-refractivity contribution in [2.24, 2.45) is 5.73 Å². The first-order chi connectivity index (χ1) is 6.61. The molecule has 0 atom stereocenters. The summed E-state index contributed by atoms with van der Waals surface area (Å²) < 4.78 is 5.38. The minimum absolute atomic E-state index is 0.0353. The molecule has 1 aromatic rings. The normalized spacial score (nSPS) is 9.93. The second-order valence-corrected chi connectivity index (χ2v) is 3.39. The zero-order valence-corrected chi connectivity index (χ0v) is 9.08. The van der Waals surface area contributed by atoms with E-state index in [1.54, 1.807) is 12.1 Å². The monoisotopic (exact) mass is 260 g/mol. The van der Waals surface area contributed by atoms with Gasteiger partial charge in [-0.15, -0.1) is 0 Å². The number of nitro benzene ring substituents is 1. The minimum Gasteiger partial charge on any atom is -0.496 e. The van der Waals surface area contributed by atoms with Crippen molar-refractivity contribution in [2.45, 2.75) is 6.54 Å². The highest BCUT2D eigenvalue weighted by molar-refractivity contribution is 9.10. The van der Waals surface area contributed by atoms with E-state index in [0.29, 0.717) is 15.8 Å². The van der Waals surface area contributed by atoms with Gasteiger partial charge in [0, 0.05) is 6.54 Å². The maximum absolute atomic E-state index is 10.7. The van der Waals surface area contributed by atoms with Crippen molar-refractivity contribution >= 4 is 21.6 Å². The van der Waals surface area contributed by atoms with Gasteiger partial charge in [0.15, 0.2) is 0 Å². The van der Waals surface area contributed by atoms with Crippen LogP contribution in [0.3, 0.4) is 0 Å². The number of hydrogen-bond acceptors (Lipinski definition) is 4. The smallest absolute Gasteiger partial charge is 0.291 e. The van der Waals surface area contributed by atoms with E-state index >= 15 is 0 Å². The van der Waals surface area contributed by atoms with Crippen LogP contribution in [0.2, 0.25) is 0 Å². The molecule has 0 amide bonds. The van der Waals surface area contributed by atoms with Gasteiger partial charge < -0.3 is 10.5 Å². The Hall–Kier alpha value is -1.14. The number of nitro groups is 1. The first-order valence-corrected chi connectivity index (χ1v) is 4.61. The molecule has 76 valence electrons. The van der Waals surface area contributed by atoms with E-state index < -0.39 is 4.92 Å². The number of nitrogens with zero attached hydrogens (tertiary/aromatic N) is 1. The lowest BCUT2D eigenvalue weighted by Crippen LogP contribution is -2.05. The summed E-state index contributed by atoms with van der Waals surface area (Å²) in [6.45, 7) is 0.0684. The molecule has 0 unspecified atom stereocenters. The maximum atomic E-state index is 10.7. The topological polar surface area (TPSA) is 78.4 Å². The predicted octanol–water partition coefficient (Wildman–Crippen LogP) is 1.82. The Labute approximate surface area is 89.1 Å². The van der Waals surface area contributed by atoms with Crippen LogP contribution in [-0.2, 0) is 6.54 Å². The zero-order chi connectivity index (χ0) is 10.7. The molecule has 1 aromatic carbocycles. The Bertz CT molecular complexity index is 368. The summed E-state index contributed by atoms with van der Waals surface area (Å²) in [5.41, 5.74) is 5.79. The van der Waals surface area contributed by atoms with Gasteiger partial charge >= 0.3 is 0 Å². The summed E-state index contributed by atoms with van der Waals surface area (Å²) in [4.78, 5) is 10.3. The summed E-state index contributed by atoms with van der Waals surface area (Å²) in [7, 11) is 1.45. The first-order valence-electron chi connectivity index (χ1n) is 3.81. The molecule has 0 aliphatic rings. The molecule has 0 saturated carbocycles. The van der Waals surface area contributed by atoms with Crippen molar-refractivity contribution < 1.29 is 9.66 Å². The molecule has 0 heterocycles. The Morgan fingerprint density at radius 1 is 1.64 bits per heavy atom. The standard InChI is InChI=1S/C8H9BrN2O3/c1-14-7-3-2-6(9)8(11(12)13)5(7)4-10/h2-3H,4,10H2,1H3. The van der Waals surface area contributed by atoms with Crippen LogP contribution in [-0.4, -0.2) is 12.0 Å². The molecule has 2 N–H and O–H groups in total. The minimum atomic E-state index is -0.477. The molecule has 0 aliphatic carbocycles. The molecule has 0 bridgehead atoms. The molecule has 0 spiro atoms. The number of rotatable bonds is 3. The average molecular weight is 261 g/mol. The summed E-state index contributed by atoms with van der Waals surface area (Å²) in [6.07, 6.45) is 0. The molecule has 0 fully saturated rings. The third kappa shape index (κ3) is 1.85. The number of methoxy groups -OCH3 is 1. The third-order valence-electron chi connectivity index (χ3n) is 1.80. The van der Waals surface area contributed by atoms with E-state index in [4.69, 9.17) is 10.5 Å². The van der Waals surface area contributed by atoms with Crippen molar-refractivity contribution in [1.82, 2.24) is 0 Å². The number of halogens is 1. The summed E-state index contributed by atoms with van der Waals surface area (Å²) in [5.74, 6) is 0.433. The summed E-state index contributed by atoms with van der Waals surface area (Å²) >= 11 is 3.10. The molecule has 0 aliphatic heterocycles. The van der Waals surface area contributed by atoms with Crippen LogP contribution >= 0.6 is 15.9 Å². The lowest BCUT2D eigenvalue weighted by molar-refractivity contribution is -0.386. The lowest BCUT2D eigenvalue weighted by atomic mass is 10.1. The number of ether oxygens (including phenoxy) is 1. The largest absolute Gasteiger partial charge is 0.496 e. The molecule has 1 rings (SSSR count). The Morgan fingerprint density at radius 2 is 2.29 bits per heavy atom. The molecular formula is C8H9BrN2O3. The van der Waals surface area contributed by atoms with E-state index in [0.717, 1.165) is 0 Å². The van der Waals surface area contributed by atoms with E-state index in [1.165, 1.54) is 7.11 Å². The van der Waals surface area contributed by atoms with Gasteiger partial charge in [-0.3, -0.25) is 10.1 Å². The van der Waals surface area contributed by atoms with Crippen LogP contribution in [0.1, 0.15) is 5.56 Å². The fourth-order valence-corrected chi connectivity index (χ4v) is 1.69. The van der Waals surface area contributed by atoms with Gasteiger partial charge in [-0.2, -0.15) is 0 Å². The summed E-state index contributed by atoms with van der Waals surface area (Å²) in [5, 5.41) is 10.7. The van der Waals surface area contributed by atoms with Gasteiger partial charge in [-0.05, 0) is 28.1 Å². The quantitative estimate of drug-likeness (QED) is 0.664. The van der Waals surface area contributed by atoms with E-state index in [2.05, 4.69) is 15.9 Å². The van der Waals surface area contributed by atoms with Gasteiger partial charge in [-0.25, -0.2) is 0 Å². The average Bonchev–Trinajstić information content (AvgIpc) is 2.16. The van der Waals surface area contributed by atoms with E-state index in [1.807, 2.05) is 0 Å². The molecule has 6 heteroatoms. The Morgan fingerprint density at radius 3 is 2.71 bits per heavy atom. The van der Waals surface area contributed by atoms with Gasteiger partial charge in [0.05, 0.1) is 22.1 Å². The van der Waals surface area contributed by atoms with Crippen LogP contribution < -0.4 is 10.5 Å². The molecule has 5 nitrogen and oxygen atoms in total. The van der Waals surface area contributed by atoms with Crippen molar-refractivity contribution in [1.29, 1.82) is 0 Å². The SMILES string of the molecule is COc1ccc(Br)c([N+](=O)[O-])c1CN. The van der Waals surface area contributed by atoms with Crippen molar-refractivity contribution in [3.63, 3.8) is 0 Å². The predicted molar refractivity (Wildman–Crippen MR) is 55.2 cm³/mol. The third-order valence-corrected chi connectivity index (χ3v) is 2.44. The Balaban J connectivity index is 3.42. The van der Waals surface area contributed by atoms with Crippen LogP contribution in [0.15, 0.2) is 16.6 Å².